The number of rotatable bonds is 1. The molecule has 0 aliphatic heterocycles. The fourth-order valence-corrected chi connectivity index (χ4v) is 3.12. The van der Waals surface area contributed by atoms with Crippen molar-refractivity contribution < 1.29 is 9.90 Å². The first-order valence-corrected chi connectivity index (χ1v) is 5.61. The van der Waals surface area contributed by atoms with Crippen LogP contribution in [0.3, 0.4) is 0 Å². The number of hydrogen-bond donors (Lipinski definition) is 1. The Morgan fingerprint density at radius 2 is 2.15 bits per heavy atom. The van der Waals surface area contributed by atoms with E-state index in [1.165, 1.54) is 9.82 Å². The van der Waals surface area contributed by atoms with Crippen molar-refractivity contribution in [3.05, 3.63) is 34.3 Å². The Morgan fingerprint density at radius 3 is 2.85 bits per heavy atom. The van der Waals surface area contributed by atoms with Crippen LogP contribution in [0.5, 0.6) is 0 Å². The van der Waals surface area contributed by atoms with Gasteiger partial charge in [0.25, 0.3) is 0 Å². The Bertz CT molecular complexity index is 471. The van der Waals surface area contributed by atoms with E-state index >= 15 is 0 Å². The molecule has 0 spiro atoms. The van der Waals surface area contributed by atoms with Gasteiger partial charge in [0.15, 0.2) is 0 Å². The molecule has 0 saturated carbocycles. The third kappa shape index (κ3) is 1.53. The summed E-state index contributed by atoms with van der Waals surface area (Å²) in [5.41, 5.74) is 1.18. The van der Waals surface area contributed by atoms with Crippen molar-refractivity contribution in [2.24, 2.45) is 0 Å². The zero-order valence-electron chi connectivity index (χ0n) is 7.07. The fourth-order valence-electron chi connectivity index (χ4n) is 1.27. The predicted octanol–water partition coefficient (Wildman–Crippen LogP) is 1.90. The molecule has 2 nitrogen and oxygen atoms in total. The van der Waals surface area contributed by atoms with Crippen molar-refractivity contribution >= 4 is 30.1 Å². The van der Waals surface area contributed by atoms with Crippen LogP contribution in [0.1, 0.15) is 14.8 Å². The van der Waals surface area contributed by atoms with E-state index in [9.17, 15) is 4.79 Å². The average molecular weight is 239 g/mol. The third-order valence-electron chi connectivity index (χ3n) is 1.88. The molecule has 0 bridgehead atoms. The van der Waals surface area contributed by atoms with Crippen LogP contribution in [0.15, 0.2) is 24.3 Å². The van der Waals surface area contributed by atoms with Crippen molar-refractivity contribution in [2.45, 2.75) is 6.92 Å². The normalized spacial score (nSPS) is 10.5. The molecule has 1 heterocycles. The van der Waals surface area contributed by atoms with Gasteiger partial charge >= 0.3 is 81.2 Å². The number of aryl methyl sites for hydroxylation is 1. The second kappa shape index (κ2) is 3.02. The van der Waals surface area contributed by atoms with Gasteiger partial charge in [0, 0.05) is 0 Å². The van der Waals surface area contributed by atoms with E-state index in [1.807, 2.05) is 25.1 Å². The molecule has 0 unspecified atom stereocenters. The number of benzene rings is 1. The molecule has 2 aromatic rings. The Kier molecular flexibility index (Phi) is 1.98. The summed E-state index contributed by atoms with van der Waals surface area (Å²) in [4.78, 5) is 10.7. The second-order valence-corrected chi connectivity index (χ2v) is 5.23. The Morgan fingerprint density at radius 1 is 1.38 bits per heavy atom. The van der Waals surface area contributed by atoms with Gasteiger partial charge in [-0.25, -0.2) is 0 Å². The molecule has 0 radical (unpaired) electrons. The van der Waals surface area contributed by atoms with E-state index in [1.54, 1.807) is 6.07 Å². The van der Waals surface area contributed by atoms with Crippen LogP contribution in [0, 0.1) is 6.92 Å². The number of carboxylic acid groups (broad SMARTS) is 1. The van der Waals surface area contributed by atoms with E-state index < -0.39 is 5.97 Å². The minimum atomic E-state index is -0.783. The maximum absolute atomic E-state index is 10.7. The maximum atomic E-state index is 10.7. The zero-order chi connectivity index (χ0) is 9.42. The molecule has 13 heavy (non-hydrogen) atoms. The molecule has 2 rings (SSSR count). The number of carbonyl (C=O) groups is 1. The molecule has 1 aromatic carbocycles. The summed E-state index contributed by atoms with van der Waals surface area (Å²) in [7, 11) is 0. The van der Waals surface area contributed by atoms with Gasteiger partial charge in [0.05, 0.1) is 0 Å². The SMILES string of the molecule is Cc1ccc2[se]c(C(=O)O)cc2c1. The van der Waals surface area contributed by atoms with E-state index in [4.69, 9.17) is 5.11 Å². The quantitative estimate of drug-likeness (QED) is 0.772. The first-order valence-electron chi connectivity index (χ1n) is 3.90. The summed E-state index contributed by atoms with van der Waals surface area (Å²) >= 11 is -0.00509. The second-order valence-electron chi connectivity index (χ2n) is 2.96. The molecule has 0 atom stereocenters. The molecule has 66 valence electrons. The molecule has 1 aromatic heterocycles. The van der Waals surface area contributed by atoms with Gasteiger partial charge in [0.1, 0.15) is 0 Å². The molecule has 0 fully saturated rings. The summed E-state index contributed by atoms with van der Waals surface area (Å²) in [6, 6.07) is 7.87. The number of hydrogen-bond acceptors (Lipinski definition) is 1. The van der Waals surface area contributed by atoms with Gasteiger partial charge < -0.3 is 0 Å². The Labute approximate surface area is 81.6 Å². The molecular formula is C10H8O2Se. The molecule has 0 aliphatic rings. The van der Waals surface area contributed by atoms with Crippen LogP contribution in [-0.4, -0.2) is 25.6 Å². The number of carboxylic acids is 1. The average Bonchev–Trinajstić information content (AvgIpc) is 2.46. The van der Waals surface area contributed by atoms with Gasteiger partial charge in [-0.2, -0.15) is 0 Å². The molecule has 0 saturated heterocycles. The molecule has 0 amide bonds. The van der Waals surface area contributed by atoms with Gasteiger partial charge in [-0.3, -0.25) is 0 Å². The van der Waals surface area contributed by atoms with Crippen molar-refractivity contribution in [1.29, 1.82) is 0 Å². The summed E-state index contributed by atoms with van der Waals surface area (Å²) in [6.07, 6.45) is 0. The van der Waals surface area contributed by atoms with Crippen molar-refractivity contribution in [2.75, 3.05) is 0 Å². The summed E-state index contributed by atoms with van der Waals surface area (Å²) in [5, 5.41) is 9.88. The van der Waals surface area contributed by atoms with Crippen LogP contribution in [0.25, 0.3) is 9.65 Å². The van der Waals surface area contributed by atoms with Crippen LogP contribution in [0.4, 0.5) is 0 Å². The first-order chi connectivity index (χ1) is 6.16. The van der Waals surface area contributed by atoms with E-state index in [-0.39, 0.29) is 14.5 Å². The van der Waals surface area contributed by atoms with Crippen LogP contribution in [0.2, 0.25) is 0 Å². The van der Waals surface area contributed by atoms with Gasteiger partial charge in [-0.15, -0.1) is 0 Å². The number of aromatic carboxylic acids is 1. The van der Waals surface area contributed by atoms with E-state index in [2.05, 4.69) is 0 Å². The van der Waals surface area contributed by atoms with E-state index in [0.717, 1.165) is 5.39 Å². The summed E-state index contributed by atoms with van der Waals surface area (Å²) in [5.74, 6) is -0.783. The third-order valence-corrected chi connectivity index (χ3v) is 4.20. The molecule has 1 N–H and O–H groups in total. The fraction of sp³-hybridized carbons (Fsp3) is 0.100. The van der Waals surface area contributed by atoms with Crippen molar-refractivity contribution in [1.82, 2.24) is 0 Å². The van der Waals surface area contributed by atoms with Gasteiger partial charge in [-0.1, -0.05) is 0 Å². The standard InChI is InChI=1S/C10H8O2Se/c1-6-2-3-8-7(4-6)5-9(13-8)10(11)12/h2-5H,1H3,(H,11,12). The zero-order valence-corrected chi connectivity index (χ0v) is 8.79. The summed E-state index contributed by atoms with van der Waals surface area (Å²) in [6.45, 7) is 2.01. The monoisotopic (exact) mass is 240 g/mol. The molecular weight excluding hydrogens is 231 g/mol. The summed E-state index contributed by atoms with van der Waals surface area (Å²) < 4.78 is 1.73. The van der Waals surface area contributed by atoms with Gasteiger partial charge in [0.2, 0.25) is 0 Å². The van der Waals surface area contributed by atoms with Crippen LogP contribution in [-0.2, 0) is 0 Å². The topological polar surface area (TPSA) is 37.3 Å². The van der Waals surface area contributed by atoms with Crippen molar-refractivity contribution in [3.8, 4) is 0 Å². The molecule has 3 heteroatoms. The predicted molar refractivity (Wildman–Crippen MR) is 52.6 cm³/mol. The minimum absolute atomic E-state index is 0.00509. The van der Waals surface area contributed by atoms with Crippen molar-refractivity contribution in [3.63, 3.8) is 0 Å². The van der Waals surface area contributed by atoms with Gasteiger partial charge in [-0.05, 0) is 0 Å². The van der Waals surface area contributed by atoms with Crippen LogP contribution >= 0.6 is 0 Å². The number of fused-ring (bicyclic) bond motifs is 1. The van der Waals surface area contributed by atoms with E-state index in [0.29, 0.717) is 4.44 Å². The Hall–Kier alpha value is -1.05. The van der Waals surface area contributed by atoms with Crippen LogP contribution < -0.4 is 0 Å². The molecule has 0 aliphatic carbocycles. The first kappa shape index (κ1) is 8.54. The Balaban J connectivity index is 2.68.